The van der Waals surface area contributed by atoms with E-state index in [0.29, 0.717) is 6.54 Å². The van der Waals surface area contributed by atoms with Gasteiger partial charge in [-0.1, -0.05) is 6.42 Å². The summed E-state index contributed by atoms with van der Waals surface area (Å²) < 4.78 is 1.51. The molecule has 1 saturated heterocycles. The van der Waals surface area contributed by atoms with Crippen LogP contribution in [-0.2, 0) is 11.3 Å². The first kappa shape index (κ1) is 16.0. The summed E-state index contributed by atoms with van der Waals surface area (Å²) >= 11 is 0. The Morgan fingerprint density at radius 1 is 1.08 bits per heavy atom. The van der Waals surface area contributed by atoms with Gasteiger partial charge in [0.15, 0.2) is 0 Å². The van der Waals surface area contributed by atoms with E-state index in [1.165, 1.54) is 4.68 Å². The molecular weight excluding hydrogens is 316 g/mol. The van der Waals surface area contributed by atoms with Crippen molar-refractivity contribution in [3.05, 3.63) is 47.0 Å². The summed E-state index contributed by atoms with van der Waals surface area (Å²) in [5, 5.41) is 4.52. The molecule has 1 aliphatic carbocycles. The molecular formula is C19H22N4O2. The molecule has 1 aliphatic heterocycles. The first-order valence-corrected chi connectivity index (χ1v) is 9.01. The zero-order valence-corrected chi connectivity index (χ0v) is 14.2. The van der Waals surface area contributed by atoms with E-state index in [1.807, 2.05) is 17.0 Å². The van der Waals surface area contributed by atoms with E-state index >= 15 is 0 Å². The smallest absolute Gasteiger partial charge is 0.266 e. The molecule has 2 aromatic heterocycles. The maximum atomic E-state index is 12.6. The summed E-state index contributed by atoms with van der Waals surface area (Å²) in [5.74, 6) is 0.473. The molecule has 2 aliphatic rings. The molecule has 1 saturated carbocycles. The van der Waals surface area contributed by atoms with Crippen LogP contribution in [0.25, 0.3) is 11.3 Å². The topological polar surface area (TPSA) is 68.1 Å². The van der Waals surface area contributed by atoms with Crippen molar-refractivity contribution in [2.45, 2.75) is 44.7 Å². The summed E-state index contributed by atoms with van der Waals surface area (Å²) in [6.45, 7) is 1.27. The standard InChI is InChI=1S/C19H22N4O2/c24-18-7-6-17(14-8-10-20-11-9-14)21-23(18)13-16-5-2-12-22(16)19(25)15-3-1-4-15/h6-11,15-16H,1-5,12-13H2. The van der Waals surface area contributed by atoms with Crippen molar-refractivity contribution in [2.75, 3.05) is 6.54 Å². The average molecular weight is 338 g/mol. The van der Waals surface area contributed by atoms with Crippen molar-refractivity contribution in [3.63, 3.8) is 0 Å². The van der Waals surface area contributed by atoms with Crippen molar-refractivity contribution in [3.8, 4) is 11.3 Å². The Morgan fingerprint density at radius 2 is 1.88 bits per heavy atom. The normalized spacial score (nSPS) is 20.5. The summed E-state index contributed by atoms with van der Waals surface area (Å²) in [4.78, 5) is 30.9. The van der Waals surface area contributed by atoms with Gasteiger partial charge in [0.1, 0.15) is 0 Å². The molecule has 1 atom stereocenters. The van der Waals surface area contributed by atoms with Gasteiger partial charge in [-0.2, -0.15) is 5.10 Å². The van der Waals surface area contributed by atoms with E-state index < -0.39 is 0 Å². The van der Waals surface area contributed by atoms with E-state index in [9.17, 15) is 9.59 Å². The highest BCUT2D eigenvalue weighted by molar-refractivity contribution is 5.80. The number of carbonyl (C=O) groups is 1. The number of carbonyl (C=O) groups excluding carboxylic acids is 1. The molecule has 0 spiro atoms. The van der Waals surface area contributed by atoms with E-state index in [4.69, 9.17) is 0 Å². The predicted octanol–water partition coefficient (Wildman–Crippen LogP) is 2.10. The minimum absolute atomic E-state index is 0.0750. The SMILES string of the molecule is O=C(C1CCC1)N1CCCC1Cn1nc(-c2ccncc2)ccc1=O. The van der Waals surface area contributed by atoms with Crippen LogP contribution in [0.3, 0.4) is 0 Å². The fraction of sp³-hybridized carbons (Fsp3) is 0.474. The largest absolute Gasteiger partial charge is 0.338 e. The van der Waals surface area contributed by atoms with E-state index in [1.54, 1.807) is 24.5 Å². The van der Waals surface area contributed by atoms with Gasteiger partial charge in [0.25, 0.3) is 5.56 Å². The Balaban J connectivity index is 1.55. The van der Waals surface area contributed by atoms with Crippen LogP contribution in [0, 0.1) is 5.92 Å². The third kappa shape index (κ3) is 3.21. The van der Waals surface area contributed by atoms with Crippen LogP contribution in [0.2, 0.25) is 0 Å². The summed E-state index contributed by atoms with van der Waals surface area (Å²) in [6, 6.07) is 7.11. The van der Waals surface area contributed by atoms with E-state index in [0.717, 1.165) is 49.9 Å². The molecule has 1 amide bonds. The zero-order chi connectivity index (χ0) is 17.2. The minimum Gasteiger partial charge on any atom is -0.338 e. The lowest BCUT2D eigenvalue weighted by Crippen LogP contribution is -2.44. The fourth-order valence-electron chi connectivity index (χ4n) is 3.66. The van der Waals surface area contributed by atoms with Gasteiger partial charge in [-0.25, -0.2) is 4.68 Å². The highest BCUT2D eigenvalue weighted by Crippen LogP contribution is 2.31. The Hall–Kier alpha value is -2.50. The maximum absolute atomic E-state index is 12.6. The zero-order valence-electron chi connectivity index (χ0n) is 14.2. The van der Waals surface area contributed by atoms with Crippen LogP contribution >= 0.6 is 0 Å². The highest BCUT2D eigenvalue weighted by atomic mass is 16.2. The van der Waals surface area contributed by atoms with Crippen LogP contribution in [0.15, 0.2) is 41.5 Å². The minimum atomic E-state index is -0.124. The van der Waals surface area contributed by atoms with Crippen LogP contribution in [0.5, 0.6) is 0 Å². The lowest BCUT2D eigenvalue weighted by atomic mass is 9.84. The number of hydrogen-bond donors (Lipinski definition) is 0. The van der Waals surface area contributed by atoms with Crippen LogP contribution < -0.4 is 5.56 Å². The summed E-state index contributed by atoms with van der Waals surface area (Å²) in [7, 11) is 0. The van der Waals surface area contributed by atoms with Gasteiger partial charge in [0.2, 0.25) is 5.91 Å². The Kier molecular flexibility index (Phi) is 4.34. The second-order valence-corrected chi connectivity index (χ2v) is 6.93. The van der Waals surface area contributed by atoms with Crippen LogP contribution in [0.4, 0.5) is 0 Å². The summed E-state index contributed by atoms with van der Waals surface area (Å²) in [6.07, 6.45) is 8.54. The van der Waals surface area contributed by atoms with Crippen LogP contribution in [0.1, 0.15) is 32.1 Å². The van der Waals surface area contributed by atoms with Crippen molar-refractivity contribution in [1.29, 1.82) is 0 Å². The average Bonchev–Trinajstić information content (AvgIpc) is 3.04. The fourth-order valence-corrected chi connectivity index (χ4v) is 3.66. The molecule has 25 heavy (non-hydrogen) atoms. The number of hydrogen-bond acceptors (Lipinski definition) is 4. The maximum Gasteiger partial charge on any atom is 0.266 e. The van der Waals surface area contributed by atoms with Crippen molar-refractivity contribution in [2.24, 2.45) is 5.92 Å². The van der Waals surface area contributed by atoms with Gasteiger partial charge < -0.3 is 4.90 Å². The van der Waals surface area contributed by atoms with Gasteiger partial charge in [-0.05, 0) is 43.9 Å². The predicted molar refractivity (Wildman–Crippen MR) is 93.8 cm³/mol. The number of pyridine rings is 1. The Morgan fingerprint density at radius 3 is 2.60 bits per heavy atom. The molecule has 130 valence electrons. The molecule has 0 aromatic carbocycles. The summed E-state index contributed by atoms with van der Waals surface area (Å²) in [5.41, 5.74) is 1.55. The molecule has 6 heteroatoms. The van der Waals surface area contributed by atoms with Gasteiger partial charge in [-0.3, -0.25) is 14.6 Å². The Bertz CT molecular complexity index is 814. The first-order valence-electron chi connectivity index (χ1n) is 9.01. The van der Waals surface area contributed by atoms with E-state index in [-0.39, 0.29) is 23.4 Å². The highest BCUT2D eigenvalue weighted by Gasteiger charge is 2.35. The number of nitrogens with zero attached hydrogens (tertiary/aromatic N) is 4. The number of aromatic nitrogens is 3. The van der Waals surface area contributed by atoms with Gasteiger partial charge in [-0.15, -0.1) is 0 Å². The monoisotopic (exact) mass is 338 g/mol. The number of amides is 1. The molecule has 0 radical (unpaired) electrons. The molecule has 6 nitrogen and oxygen atoms in total. The van der Waals surface area contributed by atoms with E-state index in [2.05, 4.69) is 10.1 Å². The second kappa shape index (κ2) is 6.78. The molecule has 2 aromatic rings. The molecule has 4 rings (SSSR count). The first-order chi connectivity index (χ1) is 12.2. The number of rotatable bonds is 4. The molecule has 0 bridgehead atoms. The van der Waals surface area contributed by atoms with Gasteiger partial charge in [0, 0.05) is 36.5 Å². The molecule has 0 N–H and O–H groups in total. The molecule has 2 fully saturated rings. The Labute approximate surface area is 146 Å². The molecule has 1 unspecified atom stereocenters. The quantitative estimate of drug-likeness (QED) is 0.856. The second-order valence-electron chi connectivity index (χ2n) is 6.93. The lowest BCUT2D eigenvalue weighted by Gasteiger charge is -2.32. The number of likely N-dealkylation sites (tertiary alicyclic amines) is 1. The third-order valence-electron chi connectivity index (χ3n) is 5.34. The van der Waals surface area contributed by atoms with Crippen molar-refractivity contribution >= 4 is 5.91 Å². The molecule has 3 heterocycles. The van der Waals surface area contributed by atoms with Gasteiger partial charge in [0.05, 0.1) is 18.3 Å². The third-order valence-corrected chi connectivity index (χ3v) is 5.34. The lowest BCUT2D eigenvalue weighted by molar-refractivity contribution is -0.139. The van der Waals surface area contributed by atoms with Crippen molar-refractivity contribution in [1.82, 2.24) is 19.7 Å². The van der Waals surface area contributed by atoms with Gasteiger partial charge >= 0.3 is 0 Å². The van der Waals surface area contributed by atoms with Crippen molar-refractivity contribution < 1.29 is 4.79 Å². The van der Waals surface area contributed by atoms with Crippen LogP contribution in [-0.4, -0.2) is 38.2 Å².